The number of hydrogen-bond donors (Lipinski definition) is 1. The Morgan fingerprint density at radius 1 is 1.12 bits per heavy atom. The number of hydrogen-bond acceptors (Lipinski definition) is 8. The molecule has 2 aliphatic rings. The second kappa shape index (κ2) is 8.39. The third-order valence-corrected chi connectivity index (χ3v) is 4.36. The van der Waals surface area contributed by atoms with Gasteiger partial charge in [-0.15, -0.1) is 0 Å². The van der Waals surface area contributed by atoms with Crippen LogP contribution < -0.4 is 15.1 Å². The standard InChI is InChI=1S/C16H26N6O3/c1-21(2)15-18-13(11-17-14(23)12-3-7-24-8-4-12)19-16(20-15)22-5-9-25-10-6-22/h12H,3-11H2,1-2H3,(H,17,23). The van der Waals surface area contributed by atoms with Crippen LogP contribution in [0.3, 0.4) is 0 Å². The van der Waals surface area contributed by atoms with Gasteiger partial charge in [-0.2, -0.15) is 15.0 Å². The molecule has 2 aliphatic heterocycles. The van der Waals surface area contributed by atoms with Crippen LogP contribution in [0.5, 0.6) is 0 Å². The molecule has 9 nitrogen and oxygen atoms in total. The van der Waals surface area contributed by atoms with Gasteiger partial charge in [-0.3, -0.25) is 4.79 Å². The van der Waals surface area contributed by atoms with Crippen LogP contribution in [0.1, 0.15) is 18.7 Å². The van der Waals surface area contributed by atoms with E-state index in [9.17, 15) is 4.79 Å². The van der Waals surface area contributed by atoms with Crippen LogP contribution in [0, 0.1) is 5.92 Å². The van der Waals surface area contributed by atoms with Crippen molar-refractivity contribution < 1.29 is 14.3 Å². The first-order chi connectivity index (χ1) is 12.1. The predicted molar refractivity (Wildman–Crippen MR) is 92.6 cm³/mol. The van der Waals surface area contributed by atoms with Crippen molar-refractivity contribution >= 4 is 17.8 Å². The monoisotopic (exact) mass is 350 g/mol. The smallest absolute Gasteiger partial charge is 0.230 e. The van der Waals surface area contributed by atoms with Crippen LogP contribution in [-0.2, 0) is 20.8 Å². The Kier molecular flexibility index (Phi) is 5.98. The third-order valence-electron chi connectivity index (χ3n) is 4.36. The second-order valence-corrected chi connectivity index (χ2v) is 6.45. The minimum Gasteiger partial charge on any atom is -0.381 e. The lowest BCUT2D eigenvalue weighted by atomic mass is 9.99. The number of carbonyl (C=O) groups excluding carboxylic acids is 1. The molecule has 1 aromatic heterocycles. The van der Waals surface area contributed by atoms with Crippen molar-refractivity contribution in [3.63, 3.8) is 0 Å². The number of aromatic nitrogens is 3. The molecule has 3 rings (SSSR count). The van der Waals surface area contributed by atoms with Crippen molar-refractivity contribution in [3.8, 4) is 0 Å². The molecule has 0 radical (unpaired) electrons. The Balaban J connectivity index is 1.68. The average molecular weight is 350 g/mol. The van der Waals surface area contributed by atoms with E-state index < -0.39 is 0 Å². The summed E-state index contributed by atoms with van der Waals surface area (Å²) in [6.07, 6.45) is 1.54. The average Bonchev–Trinajstić information content (AvgIpc) is 2.67. The highest BCUT2D eigenvalue weighted by molar-refractivity contribution is 5.78. The number of morpholine rings is 1. The first-order valence-corrected chi connectivity index (χ1v) is 8.74. The van der Waals surface area contributed by atoms with Crippen molar-refractivity contribution in [2.45, 2.75) is 19.4 Å². The van der Waals surface area contributed by atoms with E-state index in [1.165, 1.54) is 0 Å². The molecular formula is C16H26N6O3. The maximum atomic E-state index is 12.3. The summed E-state index contributed by atoms with van der Waals surface area (Å²) in [6, 6.07) is 0. The highest BCUT2D eigenvalue weighted by atomic mass is 16.5. The second-order valence-electron chi connectivity index (χ2n) is 6.45. The Labute approximate surface area is 147 Å². The Hall–Kier alpha value is -2.00. The molecule has 25 heavy (non-hydrogen) atoms. The Morgan fingerprint density at radius 2 is 1.80 bits per heavy atom. The molecule has 0 atom stereocenters. The summed E-state index contributed by atoms with van der Waals surface area (Å²) in [6.45, 7) is 4.44. The lowest BCUT2D eigenvalue weighted by molar-refractivity contribution is -0.128. The molecule has 0 spiro atoms. The van der Waals surface area contributed by atoms with E-state index in [1.54, 1.807) is 0 Å². The van der Waals surface area contributed by atoms with E-state index in [0.29, 0.717) is 50.7 Å². The largest absolute Gasteiger partial charge is 0.381 e. The number of rotatable bonds is 5. The quantitative estimate of drug-likeness (QED) is 0.782. The summed E-state index contributed by atoms with van der Waals surface area (Å²) in [7, 11) is 3.78. The molecule has 3 heterocycles. The number of amides is 1. The number of anilines is 2. The predicted octanol–water partition coefficient (Wildman–Crippen LogP) is -0.183. The number of nitrogens with zero attached hydrogens (tertiary/aromatic N) is 5. The molecule has 1 amide bonds. The number of carbonyl (C=O) groups is 1. The van der Waals surface area contributed by atoms with Gasteiger partial charge in [0, 0.05) is 46.3 Å². The highest BCUT2D eigenvalue weighted by Crippen LogP contribution is 2.16. The summed E-state index contributed by atoms with van der Waals surface area (Å²) in [5, 5.41) is 2.96. The zero-order valence-corrected chi connectivity index (χ0v) is 14.9. The first-order valence-electron chi connectivity index (χ1n) is 8.74. The molecule has 138 valence electrons. The third kappa shape index (κ3) is 4.76. The molecule has 0 saturated carbocycles. The van der Waals surface area contributed by atoms with Gasteiger partial charge in [0.15, 0.2) is 5.82 Å². The molecule has 1 N–H and O–H groups in total. The van der Waals surface area contributed by atoms with E-state index in [4.69, 9.17) is 9.47 Å². The van der Waals surface area contributed by atoms with Gasteiger partial charge in [0.1, 0.15) is 0 Å². The normalized spacial score (nSPS) is 18.9. The van der Waals surface area contributed by atoms with Gasteiger partial charge in [-0.05, 0) is 12.8 Å². The van der Waals surface area contributed by atoms with E-state index in [1.807, 2.05) is 19.0 Å². The van der Waals surface area contributed by atoms with E-state index in [-0.39, 0.29) is 11.8 Å². The zero-order chi connectivity index (χ0) is 17.6. The fraction of sp³-hybridized carbons (Fsp3) is 0.750. The van der Waals surface area contributed by atoms with Crippen molar-refractivity contribution in [3.05, 3.63) is 5.82 Å². The van der Waals surface area contributed by atoms with Gasteiger partial charge in [0.2, 0.25) is 17.8 Å². The Bertz CT molecular complexity index is 585. The zero-order valence-electron chi connectivity index (χ0n) is 14.9. The Morgan fingerprint density at radius 3 is 2.48 bits per heavy atom. The summed E-state index contributed by atoms with van der Waals surface area (Å²) in [5.41, 5.74) is 0. The first kappa shape index (κ1) is 17.8. The van der Waals surface area contributed by atoms with Crippen LogP contribution >= 0.6 is 0 Å². The molecule has 2 saturated heterocycles. The topological polar surface area (TPSA) is 92.7 Å². The maximum absolute atomic E-state index is 12.3. The maximum Gasteiger partial charge on any atom is 0.230 e. The fourth-order valence-corrected chi connectivity index (χ4v) is 2.85. The number of ether oxygens (including phenoxy) is 2. The molecule has 0 bridgehead atoms. The molecule has 0 unspecified atom stereocenters. The van der Waals surface area contributed by atoms with Crippen molar-refractivity contribution in [1.29, 1.82) is 0 Å². The lowest BCUT2D eigenvalue weighted by Gasteiger charge is -2.27. The van der Waals surface area contributed by atoms with Gasteiger partial charge in [-0.25, -0.2) is 0 Å². The summed E-state index contributed by atoms with van der Waals surface area (Å²) in [4.78, 5) is 29.7. The fourth-order valence-electron chi connectivity index (χ4n) is 2.85. The molecule has 2 fully saturated rings. The van der Waals surface area contributed by atoms with Gasteiger partial charge >= 0.3 is 0 Å². The van der Waals surface area contributed by atoms with Gasteiger partial charge in [0.05, 0.1) is 19.8 Å². The van der Waals surface area contributed by atoms with Crippen LogP contribution in [-0.4, -0.2) is 74.5 Å². The van der Waals surface area contributed by atoms with Gasteiger partial charge in [-0.1, -0.05) is 0 Å². The van der Waals surface area contributed by atoms with Crippen LogP contribution in [0.4, 0.5) is 11.9 Å². The molecular weight excluding hydrogens is 324 g/mol. The van der Waals surface area contributed by atoms with Crippen LogP contribution in [0.15, 0.2) is 0 Å². The molecule has 0 aliphatic carbocycles. The van der Waals surface area contributed by atoms with E-state index >= 15 is 0 Å². The molecule has 1 aromatic rings. The minimum absolute atomic E-state index is 0.0163. The highest BCUT2D eigenvalue weighted by Gasteiger charge is 2.22. The van der Waals surface area contributed by atoms with Crippen LogP contribution in [0.2, 0.25) is 0 Å². The summed E-state index contributed by atoms with van der Waals surface area (Å²) in [5.74, 6) is 1.86. The molecule has 0 aromatic carbocycles. The van der Waals surface area contributed by atoms with E-state index in [0.717, 1.165) is 25.9 Å². The van der Waals surface area contributed by atoms with Gasteiger partial charge in [0.25, 0.3) is 0 Å². The molecule has 9 heteroatoms. The van der Waals surface area contributed by atoms with Crippen LogP contribution in [0.25, 0.3) is 0 Å². The minimum atomic E-state index is 0.0163. The van der Waals surface area contributed by atoms with E-state index in [2.05, 4.69) is 25.2 Å². The number of nitrogens with one attached hydrogen (secondary N) is 1. The summed E-state index contributed by atoms with van der Waals surface area (Å²) < 4.78 is 10.7. The summed E-state index contributed by atoms with van der Waals surface area (Å²) >= 11 is 0. The van der Waals surface area contributed by atoms with Crippen molar-refractivity contribution in [2.24, 2.45) is 5.92 Å². The van der Waals surface area contributed by atoms with Crippen molar-refractivity contribution in [1.82, 2.24) is 20.3 Å². The van der Waals surface area contributed by atoms with Gasteiger partial charge < -0.3 is 24.6 Å². The lowest BCUT2D eigenvalue weighted by Crippen LogP contribution is -2.38. The SMILES string of the molecule is CN(C)c1nc(CNC(=O)C2CCOCC2)nc(N2CCOCC2)n1. The van der Waals surface area contributed by atoms with Crippen molar-refractivity contribution in [2.75, 3.05) is 63.4 Å².